The Morgan fingerprint density at radius 3 is 2.90 bits per heavy atom. The van der Waals surface area contributed by atoms with Crippen molar-refractivity contribution in [3.63, 3.8) is 0 Å². The van der Waals surface area contributed by atoms with Crippen molar-refractivity contribution in [2.45, 2.75) is 32.1 Å². The van der Waals surface area contributed by atoms with Crippen LogP contribution in [0.5, 0.6) is 0 Å². The van der Waals surface area contributed by atoms with Crippen LogP contribution in [0, 0.1) is 0 Å². The number of aryl methyl sites for hydroxylation is 1. The third-order valence-electron chi connectivity index (χ3n) is 3.84. The quantitative estimate of drug-likeness (QED) is 0.895. The molecule has 0 radical (unpaired) electrons. The Hall–Kier alpha value is -2.10. The number of nitrogens with two attached hydrogens (primary N) is 1. The number of carbonyl (C=O) groups is 1. The molecule has 1 aromatic carbocycles. The zero-order valence-electron chi connectivity index (χ0n) is 11.5. The minimum Gasteiger partial charge on any atom is -0.384 e. The lowest BCUT2D eigenvalue weighted by atomic mass is 9.92. The number of nitrogens with one attached hydrogen (secondary N) is 1. The van der Waals surface area contributed by atoms with Gasteiger partial charge < -0.3 is 11.1 Å². The number of hydrogen-bond donors (Lipinski definition) is 2. The van der Waals surface area contributed by atoms with Crippen molar-refractivity contribution in [3.8, 4) is 0 Å². The van der Waals surface area contributed by atoms with Gasteiger partial charge in [0.1, 0.15) is 0 Å². The molecule has 0 atom stereocenters. The molecule has 104 valence electrons. The number of carbonyl (C=O) groups excluding carboxylic acids is 1. The Kier molecular flexibility index (Phi) is 3.54. The number of benzene rings is 1. The SMILES string of the molecule is NC(=O)CCNc1c2c(nc3ccccc13)CCCC2. The first-order valence-corrected chi connectivity index (χ1v) is 7.18. The number of pyridine rings is 1. The highest BCUT2D eigenvalue weighted by Gasteiger charge is 2.17. The highest BCUT2D eigenvalue weighted by molar-refractivity contribution is 5.93. The van der Waals surface area contributed by atoms with Crippen molar-refractivity contribution in [1.82, 2.24) is 4.98 Å². The molecule has 3 rings (SSSR count). The number of primary amides is 1. The van der Waals surface area contributed by atoms with E-state index in [1.165, 1.54) is 24.1 Å². The predicted octanol–water partition coefficient (Wildman–Crippen LogP) is 2.40. The second-order valence-electron chi connectivity index (χ2n) is 5.28. The maximum Gasteiger partial charge on any atom is 0.219 e. The molecule has 4 heteroatoms. The topological polar surface area (TPSA) is 68.0 Å². The van der Waals surface area contributed by atoms with Crippen LogP contribution < -0.4 is 11.1 Å². The number of fused-ring (bicyclic) bond motifs is 2. The summed E-state index contributed by atoms with van der Waals surface area (Å²) in [5, 5.41) is 4.54. The Balaban J connectivity index is 2.03. The van der Waals surface area contributed by atoms with E-state index in [-0.39, 0.29) is 5.91 Å². The number of amides is 1. The average Bonchev–Trinajstić information content (AvgIpc) is 2.46. The Bertz CT molecular complexity index is 651. The molecule has 0 spiro atoms. The summed E-state index contributed by atoms with van der Waals surface area (Å²) in [5.74, 6) is -0.273. The van der Waals surface area contributed by atoms with Crippen LogP contribution in [0.4, 0.5) is 5.69 Å². The Morgan fingerprint density at radius 2 is 2.05 bits per heavy atom. The summed E-state index contributed by atoms with van der Waals surface area (Å²) in [5.41, 5.74) is 9.91. The van der Waals surface area contributed by atoms with E-state index in [2.05, 4.69) is 11.4 Å². The van der Waals surface area contributed by atoms with Crippen LogP contribution in [0.15, 0.2) is 24.3 Å². The lowest BCUT2D eigenvalue weighted by molar-refractivity contribution is -0.117. The van der Waals surface area contributed by atoms with E-state index in [4.69, 9.17) is 10.7 Å². The Morgan fingerprint density at radius 1 is 1.25 bits per heavy atom. The molecule has 1 heterocycles. The molecule has 1 aromatic heterocycles. The number of para-hydroxylation sites is 1. The fourth-order valence-corrected chi connectivity index (χ4v) is 2.89. The van der Waals surface area contributed by atoms with Gasteiger partial charge in [-0.1, -0.05) is 18.2 Å². The first-order chi connectivity index (χ1) is 9.75. The van der Waals surface area contributed by atoms with Gasteiger partial charge in [0, 0.05) is 29.7 Å². The first kappa shape index (κ1) is 12.9. The standard InChI is InChI=1S/C16H19N3O/c17-15(20)9-10-18-16-11-5-1-3-7-13(11)19-14-8-4-2-6-12(14)16/h1,3,5,7H,2,4,6,8-10H2,(H2,17,20)(H,18,19). The molecule has 0 fully saturated rings. The Labute approximate surface area is 118 Å². The van der Waals surface area contributed by atoms with Gasteiger partial charge in [-0.2, -0.15) is 0 Å². The van der Waals surface area contributed by atoms with Crippen molar-refractivity contribution >= 4 is 22.5 Å². The molecule has 4 nitrogen and oxygen atoms in total. The molecule has 20 heavy (non-hydrogen) atoms. The van der Waals surface area contributed by atoms with Crippen LogP contribution in [0.2, 0.25) is 0 Å². The van der Waals surface area contributed by atoms with Gasteiger partial charge in [0.15, 0.2) is 0 Å². The fraction of sp³-hybridized carbons (Fsp3) is 0.375. The third kappa shape index (κ3) is 2.46. The second-order valence-corrected chi connectivity index (χ2v) is 5.28. The molecule has 0 bridgehead atoms. The molecule has 0 saturated carbocycles. The van der Waals surface area contributed by atoms with Crippen LogP contribution in [-0.2, 0) is 17.6 Å². The fourth-order valence-electron chi connectivity index (χ4n) is 2.89. The smallest absolute Gasteiger partial charge is 0.219 e. The summed E-state index contributed by atoms with van der Waals surface area (Å²) in [4.78, 5) is 15.7. The van der Waals surface area contributed by atoms with E-state index in [0.717, 1.165) is 29.4 Å². The molecule has 1 aliphatic rings. The van der Waals surface area contributed by atoms with E-state index in [1.807, 2.05) is 18.2 Å². The number of aromatic nitrogens is 1. The summed E-state index contributed by atoms with van der Waals surface area (Å²) in [6.45, 7) is 0.579. The maximum atomic E-state index is 10.9. The summed E-state index contributed by atoms with van der Waals surface area (Å²) in [6.07, 6.45) is 4.87. The molecule has 1 amide bonds. The molecule has 0 aliphatic heterocycles. The lowest BCUT2D eigenvalue weighted by Gasteiger charge is -2.21. The van der Waals surface area contributed by atoms with Gasteiger partial charge in [-0.3, -0.25) is 9.78 Å². The van der Waals surface area contributed by atoms with Gasteiger partial charge in [-0.15, -0.1) is 0 Å². The van der Waals surface area contributed by atoms with Crippen LogP contribution in [-0.4, -0.2) is 17.4 Å². The van der Waals surface area contributed by atoms with Gasteiger partial charge in [0.05, 0.1) is 5.52 Å². The van der Waals surface area contributed by atoms with Crippen molar-refractivity contribution < 1.29 is 4.79 Å². The summed E-state index contributed by atoms with van der Waals surface area (Å²) >= 11 is 0. The van der Waals surface area contributed by atoms with Crippen molar-refractivity contribution in [2.24, 2.45) is 5.73 Å². The number of anilines is 1. The van der Waals surface area contributed by atoms with Crippen LogP contribution >= 0.6 is 0 Å². The molecule has 2 aromatic rings. The number of hydrogen-bond acceptors (Lipinski definition) is 3. The highest BCUT2D eigenvalue weighted by atomic mass is 16.1. The van der Waals surface area contributed by atoms with E-state index < -0.39 is 0 Å². The van der Waals surface area contributed by atoms with Crippen molar-refractivity contribution in [3.05, 3.63) is 35.5 Å². The largest absolute Gasteiger partial charge is 0.384 e. The first-order valence-electron chi connectivity index (χ1n) is 7.18. The highest BCUT2D eigenvalue weighted by Crippen LogP contribution is 2.33. The summed E-state index contributed by atoms with van der Waals surface area (Å²) in [7, 11) is 0. The third-order valence-corrected chi connectivity index (χ3v) is 3.84. The van der Waals surface area contributed by atoms with Crippen LogP contribution in [0.3, 0.4) is 0 Å². The van der Waals surface area contributed by atoms with Crippen molar-refractivity contribution in [2.75, 3.05) is 11.9 Å². The molecular formula is C16H19N3O. The second kappa shape index (κ2) is 5.49. The number of nitrogens with zero attached hydrogens (tertiary/aromatic N) is 1. The molecule has 0 unspecified atom stereocenters. The normalized spacial score (nSPS) is 14.0. The zero-order chi connectivity index (χ0) is 13.9. The van der Waals surface area contributed by atoms with E-state index in [1.54, 1.807) is 0 Å². The monoisotopic (exact) mass is 269 g/mol. The summed E-state index contributed by atoms with van der Waals surface area (Å²) < 4.78 is 0. The molecule has 0 saturated heterocycles. The maximum absolute atomic E-state index is 10.9. The van der Waals surface area contributed by atoms with E-state index in [0.29, 0.717) is 13.0 Å². The summed E-state index contributed by atoms with van der Waals surface area (Å²) in [6, 6.07) is 8.17. The predicted molar refractivity (Wildman–Crippen MR) is 80.7 cm³/mol. The van der Waals surface area contributed by atoms with Gasteiger partial charge >= 0.3 is 0 Å². The zero-order valence-corrected chi connectivity index (χ0v) is 11.5. The number of rotatable bonds is 4. The van der Waals surface area contributed by atoms with Gasteiger partial charge in [-0.25, -0.2) is 0 Å². The van der Waals surface area contributed by atoms with E-state index >= 15 is 0 Å². The molecule has 1 aliphatic carbocycles. The van der Waals surface area contributed by atoms with Crippen LogP contribution in [0.25, 0.3) is 10.9 Å². The van der Waals surface area contributed by atoms with Gasteiger partial charge in [0.2, 0.25) is 5.91 Å². The van der Waals surface area contributed by atoms with Crippen molar-refractivity contribution in [1.29, 1.82) is 0 Å². The lowest BCUT2D eigenvalue weighted by Crippen LogP contribution is -2.17. The minimum atomic E-state index is -0.273. The van der Waals surface area contributed by atoms with Gasteiger partial charge in [-0.05, 0) is 37.3 Å². The van der Waals surface area contributed by atoms with Crippen LogP contribution in [0.1, 0.15) is 30.5 Å². The molecular weight excluding hydrogens is 250 g/mol. The average molecular weight is 269 g/mol. The van der Waals surface area contributed by atoms with E-state index in [9.17, 15) is 4.79 Å². The minimum absolute atomic E-state index is 0.273. The van der Waals surface area contributed by atoms with Gasteiger partial charge in [0.25, 0.3) is 0 Å². The molecule has 3 N–H and O–H groups in total.